The van der Waals surface area contributed by atoms with Gasteiger partial charge < -0.3 is 5.11 Å². The quantitative estimate of drug-likeness (QED) is 0.781. The Morgan fingerprint density at radius 3 is 2.39 bits per heavy atom. The fourth-order valence-electron chi connectivity index (χ4n) is 2.76. The highest BCUT2D eigenvalue weighted by Crippen LogP contribution is 2.46. The second kappa shape index (κ2) is 5.25. The summed E-state index contributed by atoms with van der Waals surface area (Å²) in [5, 5.41) is 10.4. The summed E-state index contributed by atoms with van der Waals surface area (Å²) in [5.41, 5.74) is -0.278. The molecule has 0 radical (unpaired) electrons. The van der Waals surface area contributed by atoms with E-state index in [1.807, 2.05) is 6.92 Å². The van der Waals surface area contributed by atoms with Crippen LogP contribution in [0.4, 0.5) is 8.78 Å². The first-order valence-electron chi connectivity index (χ1n) is 6.26. The van der Waals surface area contributed by atoms with Crippen LogP contribution < -0.4 is 0 Å². The molecule has 1 fully saturated rings. The van der Waals surface area contributed by atoms with Gasteiger partial charge in [0.25, 0.3) is 0 Å². The zero-order valence-electron chi connectivity index (χ0n) is 10.3. The molecule has 0 spiro atoms. The van der Waals surface area contributed by atoms with Crippen LogP contribution in [0.15, 0.2) is 16.6 Å². The molecule has 2 rings (SSSR count). The zero-order chi connectivity index (χ0) is 13.3. The fraction of sp³-hybridized carbons (Fsp3) is 0.571. The molecule has 0 aliphatic heterocycles. The predicted octanol–water partition coefficient (Wildman–Crippen LogP) is 4.73. The van der Waals surface area contributed by atoms with Crippen molar-refractivity contribution in [1.82, 2.24) is 0 Å². The van der Waals surface area contributed by atoms with Crippen molar-refractivity contribution in [3.05, 3.63) is 33.8 Å². The van der Waals surface area contributed by atoms with E-state index in [9.17, 15) is 13.9 Å². The summed E-state index contributed by atoms with van der Waals surface area (Å²) in [6, 6.07) is 2.18. The van der Waals surface area contributed by atoms with Gasteiger partial charge in [0.2, 0.25) is 0 Å². The lowest BCUT2D eigenvalue weighted by Gasteiger charge is -2.38. The van der Waals surface area contributed by atoms with Gasteiger partial charge in [-0.15, -0.1) is 0 Å². The average Bonchev–Trinajstić information content (AvgIpc) is 2.34. The number of aliphatic hydroxyl groups is 1. The standard InChI is InChI=1S/C14H17BrF2O/c1-14(5-3-2-4-6-14)13(18)9-7-12(17)10(15)8-11(9)16/h7-8,13,18H,2-6H2,1H3. The maximum Gasteiger partial charge on any atom is 0.137 e. The van der Waals surface area contributed by atoms with Crippen molar-refractivity contribution >= 4 is 15.9 Å². The molecule has 1 N–H and O–H groups in total. The molecule has 1 atom stereocenters. The molecule has 18 heavy (non-hydrogen) atoms. The van der Waals surface area contributed by atoms with Gasteiger partial charge in [-0.3, -0.25) is 0 Å². The Morgan fingerprint density at radius 1 is 1.17 bits per heavy atom. The van der Waals surface area contributed by atoms with Crippen LogP contribution in [0, 0.1) is 17.0 Å². The summed E-state index contributed by atoms with van der Waals surface area (Å²) in [4.78, 5) is 0. The summed E-state index contributed by atoms with van der Waals surface area (Å²) in [6.45, 7) is 1.95. The van der Waals surface area contributed by atoms with Crippen molar-refractivity contribution in [3.63, 3.8) is 0 Å². The van der Waals surface area contributed by atoms with Gasteiger partial charge in [-0.05, 0) is 46.3 Å². The first kappa shape index (κ1) is 13.9. The second-order valence-electron chi connectivity index (χ2n) is 5.41. The summed E-state index contributed by atoms with van der Waals surface area (Å²) in [7, 11) is 0. The molecular formula is C14H17BrF2O. The van der Waals surface area contributed by atoms with Crippen molar-refractivity contribution in [2.75, 3.05) is 0 Å². The molecule has 0 aromatic heterocycles. The average molecular weight is 319 g/mol. The molecule has 0 amide bonds. The lowest BCUT2D eigenvalue weighted by atomic mass is 9.70. The molecular weight excluding hydrogens is 302 g/mol. The molecule has 0 bridgehead atoms. The van der Waals surface area contributed by atoms with Gasteiger partial charge in [-0.1, -0.05) is 26.2 Å². The third-order valence-corrected chi connectivity index (χ3v) is 4.60. The lowest BCUT2D eigenvalue weighted by Crippen LogP contribution is -2.29. The minimum Gasteiger partial charge on any atom is -0.388 e. The molecule has 1 unspecified atom stereocenters. The Morgan fingerprint density at radius 2 is 1.78 bits per heavy atom. The number of rotatable bonds is 2. The molecule has 1 nitrogen and oxygen atoms in total. The molecule has 1 aliphatic carbocycles. The van der Waals surface area contributed by atoms with Crippen LogP contribution in [0.2, 0.25) is 0 Å². The SMILES string of the molecule is CC1(C(O)c2cc(F)c(Br)cc2F)CCCCC1. The lowest BCUT2D eigenvalue weighted by molar-refractivity contribution is 0.00563. The smallest absolute Gasteiger partial charge is 0.137 e. The molecule has 4 heteroatoms. The van der Waals surface area contributed by atoms with E-state index in [0.717, 1.165) is 44.2 Å². The topological polar surface area (TPSA) is 20.2 Å². The van der Waals surface area contributed by atoms with Gasteiger partial charge in [-0.2, -0.15) is 0 Å². The number of hydrogen-bond donors (Lipinski definition) is 1. The highest BCUT2D eigenvalue weighted by atomic mass is 79.9. The summed E-state index contributed by atoms with van der Waals surface area (Å²) in [6.07, 6.45) is 3.98. The van der Waals surface area contributed by atoms with Crippen LogP contribution in [0.1, 0.15) is 50.7 Å². The monoisotopic (exact) mass is 318 g/mol. The van der Waals surface area contributed by atoms with Gasteiger partial charge >= 0.3 is 0 Å². The molecule has 100 valence electrons. The molecule has 1 aromatic rings. The maximum atomic E-state index is 13.8. The van der Waals surface area contributed by atoms with Crippen LogP contribution >= 0.6 is 15.9 Å². The number of aliphatic hydroxyl groups excluding tert-OH is 1. The van der Waals surface area contributed by atoms with Gasteiger partial charge in [0.15, 0.2) is 0 Å². The van der Waals surface area contributed by atoms with E-state index in [0.29, 0.717) is 0 Å². The first-order valence-corrected chi connectivity index (χ1v) is 7.06. The Bertz CT molecular complexity index is 442. The highest BCUT2D eigenvalue weighted by Gasteiger charge is 2.36. The normalized spacial score (nSPS) is 20.7. The van der Waals surface area contributed by atoms with Gasteiger partial charge in [0.1, 0.15) is 11.6 Å². The Labute approximate surface area is 114 Å². The summed E-state index contributed by atoms with van der Waals surface area (Å²) >= 11 is 2.94. The van der Waals surface area contributed by atoms with Crippen LogP contribution in [0.5, 0.6) is 0 Å². The van der Waals surface area contributed by atoms with Crippen molar-refractivity contribution in [2.24, 2.45) is 5.41 Å². The largest absolute Gasteiger partial charge is 0.388 e. The van der Waals surface area contributed by atoms with E-state index < -0.39 is 17.7 Å². The van der Waals surface area contributed by atoms with E-state index in [1.165, 1.54) is 0 Å². The highest BCUT2D eigenvalue weighted by molar-refractivity contribution is 9.10. The summed E-state index contributed by atoms with van der Waals surface area (Å²) in [5.74, 6) is -1.09. The molecule has 1 aliphatic rings. The number of benzene rings is 1. The Balaban J connectivity index is 2.33. The van der Waals surface area contributed by atoms with Crippen LogP contribution in [0.25, 0.3) is 0 Å². The van der Waals surface area contributed by atoms with Crippen molar-refractivity contribution in [3.8, 4) is 0 Å². The van der Waals surface area contributed by atoms with Gasteiger partial charge in [-0.25, -0.2) is 8.78 Å². The first-order chi connectivity index (χ1) is 8.44. The van der Waals surface area contributed by atoms with E-state index in [2.05, 4.69) is 15.9 Å². The van der Waals surface area contributed by atoms with E-state index in [4.69, 9.17) is 0 Å². The third-order valence-electron chi connectivity index (χ3n) is 3.99. The summed E-state index contributed by atoms with van der Waals surface area (Å²) < 4.78 is 27.4. The zero-order valence-corrected chi connectivity index (χ0v) is 11.9. The predicted molar refractivity (Wildman–Crippen MR) is 70.2 cm³/mol. The third kappa shape index (κ3) is 2.59. The second-order valence-corrected chi connectivity index (χ2v) is 6.26. The maximum absolute atomic E-state index is 13.8. The van der Waals surface area contributed by atoms with E-state index >= 15 is 0 Å². The van der Waals surface area contributed by atoms with Crippen molar-refractivity contribution in [2.45, 2.75) is 45.1 Å². The Hall–Kier alpha value is -0.480. The fourth-order valence-corrected chi connectivity index (χ4v) is 3.07. The van der Waals surface area contributed by atoms with Crippen molar-refractivity contribution < 1.29 is 13.9 Å². The molecule has 1 aromatic carbocycles. The Kier molecular flexibility index (Phi) is 4.07. The molecule has 0 saturated heterocycles. The minimum absolute atomic E-state index is 0.0695. The van der Waals surface area contributed by atoms with E-state index in [-0.39, 0.29) is 15.5 Å². The van der Waals surface area contributed by atoms with Gasteiger partial charge in [0, 0.05) is 5.56 Å². The minimum atomic E-state index is -0.944. The van der Waals surface area contributed by atoms with Gasteiger partial charge in [0.05, 0.1) is 10.6 Å². The van der Waals surface area contributed by atoms with Crippen LogP contribution in [0.3, 0.4) is 0 Å². The van der Waals surface area contributed by atoms with E-state index in [1.54, 1.807) is 0 Å². The number of hydrogen-bond acceptors (Lipinski definition) is 1. The van der Waals surface area contributed by atoms with Crippen molar-refractivity contribution in [1.29, 1.82) is 0 Å². The van der Waals surface area contributed by atoms with Crippen LogP contribution in [-0.2, 0) is 0 Å². The number of halogens is 3. The molecule has 0 heterocycles. The molecule has 1 saturated carbocycles. The van der Waals surface area contributed by atoms with Crippen LogP contribution in [-0.4, -0.2) is 5.11 Å².